The summed E-state index contributed by atoms with van der Waals surface area (Å²) >= 11 is 1.74. The molecule has 3 aromatic carbocycles. The Hall–Kier alpha value is -4.37. The molecular weight excluding hydrogens is 809 g/mol. The van der Waals surface area contributed by atoms with Crippen LogP contribution in [-0.2, 0) is 25.7 Å². The van der Waals surface area contributed by atoms with Gasteiger partial charge in [0.2, 0.25) is 5.79 Å². The Morgan fingerprint density at radius 1 is 0.952 bits per heavy atom. The van der Waals surface area contributed by atoms with Crippen LogP contribution in [0.1, 0.15) is 68.9 Å². The SMILES string of the molecule is C=CCO[C@@]12Oc3ccc(OCCSc4ccccc4)cc3[C@H]3[C@H](CCCCO)[C@@H](CCCCO)C=C(C(=NOCc4ccccc4)C[C@@H]1N(CCOCCO)C(=O)OCC)[C@H]32. The molecule has 336 valence electrons. The van der Waals surface area contributed by atoms with Gasteiger partial charge in [-0.15, -0.1) is 18.3 Å². The van der Waals surface area contributed by atoms with Crippen molar-refractivity contribution in [2.24, 2.45) is 22.9 Å². The van der Waals surface area contributed by atoms with Gasteiger partial charge in [-0.3, -0.25) is 4.90 Å². The Morgan fingerprint density at radius 3 is 2.44 bits per heavy atom. The molecule has 1 saturated carbocycles. The average molecular weight is 873 g/mol. The average Bonchev–Trinajstić information content (AvgIpc) is 3.29. The number of thioether (sulfide) groups is 1. The minimum atomic E-state index is -1.44. The van der Waals surface area contributed by atoms with Gasteiger partial charge in [-0.2, -0.15) is 0 Å². The summed E-state index contributed by atoms with van der Waals surface area (Å²) in [6, 6.07) is 25.3. The Labute approximate surface area is 370 Å². The Balaban J connectivity index is 1.51. The maximum atomic E-state index is 14.2. The predicted molar refractivity (Wildman–Crippen MR) is 240 cm³/mol. The lowest BCUT2D eigenvalue weighted by atomic mass is 9.55. The molecule has 3 N–H and O–H groups in total. The largest absolute Gasteiger partial charge is 0.493 e. The Kier molecular flexibility index (Phi) is 18.6. The van der Waals surface area contributed by atoms with E-state index in [0.29, 0.717) is 30.9 Å². The fraction of sp³-hybridized carbons (Fsp3) is 0.510. The van der Waals surface area contributed by atoms with Crippen LogP contribution in [0, 0.1) is 17.8 Å². The van der Waals surface area contributed by atoms with Crippen LogP contribution in [0.2, 0.25) is 0 Å². The molecule has 0 spiro atoms. The third-order valence-corrected chi connectivity index (χ3v) is 12.8. The number of nitrogens with zero attached hydrogens (tertiary/aromatic N) is 2. The highest BCUT2D eigenvalue weighted by atomic mass is 32.2. The first-order valence-electron chi connectivity index (χ1n) is 22.1. The topological polar surface area (TPSA) is 149 Å². The van der Waals surface area contributed by atoms with Crippen LogP contribution in [0.15, 0.2) is 113 Å². The second-order valence-corrected chi connectivity index (χ2v) is 16.9. The minimum absolute atomic E-state index is 0.0569. The summed E-state index contributed by atoms with van der Waals surface area (Å²) in [5, 5.41) is 34.3. The van der Waals surface area contributed by atoms with E-state index in [-0.39, 0.29) is 83.6 Å². The first-order valence-corrected chi connectivity index (χ1v) is 23.1. The quantitative estimate of drug-likeness (QED) is 0.0311. The zero-order valence-electron chi connectivity index (χ0n) is 36.0. The second-order valence-electron chi connectivity index (χ2n) is 15.8. The molecule has 1 fully saturated rings. The zero-order valence-corrected chi connectivity index (χ0v) is 36.8. The molecule has 0 aromatic heterocycles. The third-order valence-electron chi connectivity index (χ3n) is 11.8. The number of oxime groups is 1. The predicted octanol–water partition coefficient (Wildman–Crippen LogP) is 8.16. The molecule has 13 heteroatoms. The van der Waals surface area contributed by atoms with E-state index in [0.717, 1.165) is 53.9 Å². The summed E-state index contributed by atoms with van der Waals surface area (Å²) < 4.78 is 32.3. The zero-order chi connectivity index (χ0) is 43.6. The molecule has 6 atom stereocenters. The number of aliphatic hydroxyl groups excluding tert-OH is 3. The van der Waals surface area contributed by atoms with Gasteiger partial charge in [-0.05, 0) is 85.9 Å². The highest BCUT2D eigenvalue weighted by molar-refractivity contribution is 7.99. The van der Waals surface area contributed by atoms with E-state index in [1.165, 1.54) is 4.90 Å². The van der Waals surface area contributed by atoms with E-state index in [4.69, 9.17) is 33.7 Å². The van der Waals surface area contributed by atoms with Gasteiger partial charge in [-0.1, -0.05) is 78.7 Å². The summed E-state index contributed by atoms with van der Waals surface area (Å²) in [4.78, 5) is 23.2. The number of amides is 1. The minimum Gasteiger partial charge on any atom is -0.493 e. The number of unbranched alkanes of at least 4 members (excludes halogenated alkanes) is 2. The molecule has 0 radical (unpaired) electrons. The molecule has 0 unspecified atom stereocenters. The number of hydrogen-bond donors (Lipinski definition) is 3. The van der Waals surface area contributed by atoms with Crippen molar-refractivity contribution >= 4 is 23.6 Å². The van der Waals surface area contributed by atoms with E-state index < -0.39 is 23.8 Å². The molecule has 0 saturated heterocycles. The lowest BCUT2D eigenvalue weighted by Crippen LogP contribution is -2.70. The molecule has 62 heavy (non-hydrogen) atoms. The molecular formula is C49H64N2O10S. The van der Waals surface area contributed by atoms with Gasteiger partial charge in [-0.25, -0.2) is 4.79 Å². The van der Waals surface area contributed by atoms with Gasteiger partial charge in [0, 0.05) is 48.3 Å². The van der Waals surface area contributed by atoms with E-state index in [2.05, 4.69) is 30.9 Å². The number of hydrogen-bond acceptors (Lipinski definition) is 12. The van der Waals surface area contributed by atoms with Gasteiger partial charge >= 0.3 is 6.09 Å². The highest BCUT2D eigenvalue weighted by Gasteiger charge is 2.65. The Morgan fingerprint density at radius 2 is 1.71 bits per heavy atom. The number of carbonyl (C=O) groups is 1. The summed E-state index contributed by atoms with van der Waals surface area (Å²) in [5.74, 6) is 0.123. The monoisotopic (exact) mass is 872 g/mol. The lowest BCUT2D eigenvalue weighted by molar-refractivity contribution is -0.256. The van der Waals surface area contributed by atoms with Crippen molar-refractivity contribution in [3.05, 3.63) is 114 Å². The van der Waals surface area contributed by atoms with Crippen molar-refractivity contribution in [2.45, 2.75) is 81.1 Å². The van der Waals surface area contributed by atoms with Crippen molar-refractivity contribution in [3.8, 4) is 11.5 Å². The van der Waals surface area contributed by atoms with Crippen LogP contribution >= 0.6 is 11.8 Å². The second kappa shape index (κ2) is 24.5. The molecule has 2 aliphatic carbocycles. The number of ether oxygens (including phenoxy) is 5. The maximum Gasteiger partial charge on any atom is 0.410 e. The van der Waals surface area contributed by atoms with Crippen molar-refractivity contribution < 1.29 is 48.6 Å². The van der Waals surface area contributed by atoms with Gasteiger partial charge in [0.05, 0.1) is 51.3 Å². The van der Waals surface area contributed by atoms with Crippen molar-refractivity contribution in [1.82, 2.24) is 4.90 Å². The van der Waals surface area contributed by atoms with Crippen LogP contribution in [0.4, 0.5) is 4.79 Å². The number of aliphatic hydroxyl groups is 3. The molecule has 3 aromatic rings. The van der Waals surface area contributed by atoms with Crippen molar-refractivity contribution in [2.75, 3.05) is 65.2 Å². The molecule has 12 nitrogen and oxygen atoms in total. The summed E-state index contributed by atoms with van der Waals surface area (Å²) in [6.45, 7) is 7.24. The summed E-state index contributed by atoms with van der Waals surface area (Å²) in [7, 11) is 0. The van der Waals surface area contributed by atoms with Gasteiger partial charge in [0.1, 0.15) is 24.1 Å². The van der Waals surface area contributed by atoms with E-state index in [1.54, 1.807) is 29.7 Å². The third kappa shape index (κ3) is 11.8. The number of allylic oxidation sites excluding steroid dienone is 1. The normalized spacial score (nSPS) is 23.1. The van der Waals surface area contributed by atoms with E-state index in [9.17, 15) is 20.1 Å². The van der Waals surface area contributed by atoms with Crippen LogP contribution in [0.3, 0.4) is 0 Å². The first-order chi connectivity index (χ1) is 30.5. The summed E-state index contributed by atoms with van der Waals surface area (Å²) in [6.07, 6.45) is 8.28. The van der Waals surface area contributed by atoms with E-state index in [1.807, 2.05) is 60.7 Å². The molecule has 3 aliphatic rings. The van der Waals surface area contributed by atoms with Gasteiger partial charge in [0.15, 0.2) is 0 Å². The van der Waals surface area contributed by atoms with Crippen LogP contribution in [0.5, 0.6) is 11.5 Å². The maximum absolute atomic E-state index is 14.2. The molecule has 6 rings (SSSR count). The number of carbonyl (C=O) groups excluding carboxylic acids is 1. The molecule has 1 amide bonds. The fourth-order valence-corrected chi connectivity index (χ4v) is 10.00. The molecule has 1 aliphatic heterocycles. The number of rotatable bonds is 26. The van der Waals surface area contributed by atoms with Crippen molar-refractivity contribution in [1.29, 1.82) is 0 Å². The number of benzene rings is 3. The van der Waals surface area contributed by atoms with Crippen LogP contribution in [0.25, 0.3) is 0 Å². The van der Waals surface area contributed by atoms with Crippen LogP contribution < -0.4 is 9.47 Å². The molecule has 0 bridgehead atoms. The van der Waals surface area contributed by atoms with Gasteiger partial charge in [0.25, 0.3) is 0 Å². The van der Waals surface area contributed by atoms with E-state index >= 15 is 0 Å². The Bertz CT molecular complexity index is 1900. The summed E-state index contributed by atoms with van der Waals surface area (Å²) in [5.41, 5.74) is 3.56. The highest BCUT2D eigenvalue weighted by Crippen LogP contribution is 2.62. The smallest absolute Gasteiger partial charge is 0.410 e. The fourth-order valence-electron chi connectivity index (χ4n) is 9.24. The first kappa shape index (κ1) is 47.1. The van der Waals surface area contributed by atoms with Crippen LogP contribution in [-0.4, -0.2) is 109 Å². The molecule has 1 heterocycles. The standard InChI is InChI=1S/C49H64N2O10S/c1-3-27-59-49-45(51(48(55)57-4-2)23-28-56-29-26-54)34-43(50-60-35-36-15-7-5-8-16-36)41-32-37(17-11-13-24-52)40(20-12-14-25-53)46(47(41)49)42-33-38(21-22-44(42)61-49)58-30-31-62-39-18-9-6-10-19-39/h3,5-10,15-16,18-19,21-22,32-33,37,40,45-47,52-54H,1,4,11-14,17,20,23-31,34-35H2,2H3/t37-,40+,45-,46+,47+,49+/m0/s1. The van der Waals surface area contributed by atoms with Gasteiger partial charge < -0.3 is 43.8 Å². The van der Waals surface area contributed by atoms with Crippen molar-refractivity contribution in [3.63, 3.8) is 0 Å². The lowest BCUT2D eigenvalue weighted by Gasteiger charge is -2.59. The number of fused-ring (bicyclic) bond motifs is 2.